The lowest BCUT2D eigenvalue weighted by molar-refractivity contribution is 0.112. The monoisotopic (exact) mass is 379 g/mol. The Morgan fingerprint density at radius 2 is 1.85 bits per heavy atom. The van der Waals surface area contributed by atoms with Gasteiger partial charge in [0, 0.05) is 46.9 Å². The van der Waals surface area contributed by atoms with E-state index in [1.54, 1.807) is 65.8 Å². The van der Waals surface area contributed by atoms with Gasteiger partial charge in [0.2, 0.25) is 5.95 Å². The first-order valence-corrected chi connectivity index (χ1v) is 9.65. The summed E-state index contributed by atoms with van der Waals surface area (Å²) in [6.45, 7) is 0. The molecule has 0 saturated heterocycles. The molecule has 0 amide bonds. The Labute approximate surface area is 157 Å². The van der Waals surface area contributed by atoms with Crippen molar-refractivity contribution < 1.29 is 13.4 Å². The molecule has 2 aromatic heterocycles. The maximum atomic E-state index is 14.0. The molecule has 0 aliphatic rings. The van der Waals surface area contributed by atoms with Crippen molar-refractivity contribution in [3.63, 3.8) is 0 Å². The summed E-state index contributed by atoms with van der Waals surface area (Å²) in [7, 11) is -1.22. The van der Waals surface area contributed by atoms with Crippen LogP contribution in [0.2, 0.25) is 0 Å². The third-order valence-electron chi connectivity index (χ3n) is 4.28. The summed E-state index contributed by atoms with van der Waals surface area (Å²) in [5.41, 5.74) is 2.16. The van der Waals surface area contributed by atoms with Gasteiger partial charge in [-0.05, 0) is 12.1 Å². The summed E-state index contributed by atoms with van der Waals surface area (Å²) in [6, 6.07) is 11.6. The number of benzene rings is 2. The van der Waals surface area contributed by atoms with Crippen LogP contribution in [-0.2, 0) is 10.8 Å². The molecule has 5 nitrogen and oxygen atoms in total. The lowest BCUT2D eigenvalue weighted by Gasteiger charge is -2.06. The van der Waals surface area contributed by atoms with Gasteiger partial charge in [-0.3, -0.25) is 13.6 Å². The van der Waals surface area contributed by atoms with E-state index in [-0.39, 0.29) is 5.82 Å². The zero-order valence-electron chi connectivity index (χ0n) is 14.3. The highest BCUT2D eigenvalue weighted by atomic mass is 32.2. The van der Waals surface area contributed by atoms with Crippen LogP contribution in [0.4, 0.5) is 4.39 Å². The van der Waals surface area contributed by atoms with Crippen LogP contribution in [0, 0.1) is 5.82 Å². The van der Waals surface area contributed by atoms with Gasteiger partial charge in [0.15, 0.2) is 0 Å². The fourth-order valence-electron chi connectivity index (χ4n) is 2.96. The highest BCUT2D eigenvalue weighted by Gasteiger charge is 2.15. The van der Waals surface area contributed by atoms with Gasteiger partial charge in [0.05, 0.1) is 21.2 Å². The molecule has 0 aliphatic heterocycles. The normalized spacial score (nSPS) is 12.2. The van der Waals surface area contributed by atoms with E-state index in [1.165, 1.54) is 6.07 Å². The van der Waals surface area contributed by atoms with Crippen LogP contribution in [0.15, 0.2) is 66.0 Å². The van der Waals surface area contributed by atoms with Crippen LogP contribution in [0.3, 0.4) is 0 Å². The number of nitrogens with zero attached hydrogens (tertiary/aromatic N) is 3. The molecule has 2 aromatic carbocycles. The molecule has 0 fully saturated rings. The second-order valence-corrected chi connectivity index (χ2v) is 7.31. The zero-order valence-corrected chi connectivity index (χ0v) is 15.1. The molecule has 4 aromatic rings. The van der Waals surface area contributed by atoms with E-state index in [9.17, 15) is 13.4 Å². The Morgan fingerprint density at radius 3 is 2.52 bits per heavy atom. The van der Waals surface area contributed by atoms with Crippen LogP contribution in [0.5, 0.6) is 0 Å². The van der Waals surface area contributed by atoms with Gasteiger partial charge in [-0.1, -0.05) is 30.3 Å². The largest absolute Gasteiger partial charge is 0.298 e. The molecule has 134 valence electrons. The molecule has 1 unspecified atom stereocenters. The first-order chi connectivity index (χ1) is 13.1. The first kappa shape index (κ1) is 17.2. The summed E-state index contributed by atoms with van der Waals surface area (Å²) in [5.74, 6) is -0.000562. The Balaban J connectivity index is 1.86. The Bertz CT molecular complexity index is 1190. The minimum atomic E-state index is -1.22. The quantitative estimate of drug-likeness (QED) is 0.506. The van der Waals surface area contributed by atoms with Gasteiger partial charge in [0.1, 0.15) is 12.1 Å². The number of halogens is 1. The fourth-order valence-corrected chi connectivity index (χ4v) is 3.70. The third kappa shape index (κ3) is 3.06. The summed E-state index contributed by atoms with van der Waals surface area (Å²) in [6.07, 6.45) is 7.13. The minimum Gasteiger partial charge on any atom is -0.298 e. The lowest BCUT2D eigenvalue weighted by Crippen LogP contribution is -2.00. The van der Waals surface area contributed by atoms with Crippen LogP contribution >= 0.6 is 0 Å². The van der Waals surface area contributed by atoms with Crippen molar-refractivity contribution in [1.82, 2.24) is 14.5 Å². The third-order valence-corrected chi connectivity index (χ3v) is 5.22. The van der Waals surface area contributed by atoms with E-state index in [0.717, 1.165) is 11.7 Å². The van der Waals surface area contributed by atoms with E-state index in [4.69, 9.17) is 0 Å². The number of aromatic nitrogens is 3. The molecule has 0 saturated carbocycles. The predicted octanol–water partition coefficient (Wildman–Crippen LogP) is 3.78. The Morgan fingerprint density at radius 1 is 1.11 bits per heavy atom. The maximum Gasteiger partial charge on any atom is 0.234 e. The van der Waals surface area contributed by atoms with Crippen molar-refractivity contribution in [3.8, 4) is 17.1 Å². The predicted molar refractivity (Wildman–Crippen MR) is 102 cm³/mol. The van der Waals surface area contributed by atoms with Crippen molar-refractivity contribution in [2.24, 2.45) is 0 Å². The highest BCUT2D eigenvalue weighted by Crippen LogP contribution is 2.27. The molecule has 0 aliphatic carbocycles. The van der Waals surface area contributed by atoms with E-state index < -0.39 is 10.8 Å². The van der Waals surface area contributed by atoms with Crippen molar-refractivity contribution in [2.75, 3.05) is 6.26 Å². The molecular weight excluding hydrogens is 365 g/mol. The van der Waals surface area contributed by atoms with Gasteiger partial charge in [-0.25, -0.2) is 14.4 Å². The van der Waals surface area contributed by atoms with Gasteiger partial charge in [-0.15, -0.1) is 0 Å². The number of hydrogen-bond acceptors (Lipinski definition) is 4. The molecule has 0 N–H and O–H groups in total. The summed E-state index contributed by atoms with van der Waals surface area (Å²) in [4.78, 5) is 20.5. The molecule has 0 bridgehead atoms. The smallest absolute Gasteiger partial charge is 0.234 e. The molecule has 7 heteroatoms. The van der Waals surface area contributed by atoms with Crippen molar-refractivity contribution in [1.29, 1.82) is 0 Å². The molecule has 0 radical (unpaired) electrons. The molecule has 2 heterocycles. The van der Waals surface area contributed by atoms with Crippen LogP contribution in [-0.4, -0.2) is 31.3 Å². The molecule has 1 atom stereocenters. The van der Waals surface area contributed by atoms with Crippen LogP contribution in [0.25, 0.3) is 28.0 Å². The van der Waals surface area contributed by atoms with Crippen molar-refractivity contribution in [2.45, 2.75) is 4.90 Å². The average molecular weight is 379 g/mol. The number of carbonyl (C=O) groups is 1. The molecule has 4 rings (SSSR count). The standard InChI is InChI=1S/C20H14FN3O2S/c1-27(26)19-11-24(18-8-13(12-25)6-7-16(18)19)20-22-9-14(10-23-20)15-4-2-3-5-17(15)21/h2-12H,1H3. The SMILES string of the molecule is CS(=O)c1cn(-c2ncc(-c3ccccc3F)cn2)c2cc(C=O)ccc12. The van der Waals surface area contributed by atoms with Gasteiger partial charge >= 0.3 is 0 Å². The van der Waals surface area contributed by atoms with E-state index in [1.807, 2.05) is 0 Å². The highest BCUT2D eigenvalue weighted by molar-refractivity contribution is 7.84. The minimum absolute atomic E-state index is 0.347. The number of carbonyl (C=O) groups excluding carboxylic acids is 1. The zero-order chi connectivity index (χ0) is 19.0. The number of rotatable bonds is 4. The second kappa shape index (κ2) is 6.85. The maximum absolute atomic E-state index is 14.0. The second-order valence-electron chi connectivity index (χ2n) is 5.96. The van der Waals surface area contributed by atoms with E-state index in [2.05, 4.69) is 9.97 Å². The molecular formula is C20H14FN3O2S. The first-order valence-electron chi connectivity index (χ1n) is 8.09. The topological polar surface area (TPSA) is 64.8 Å². The average Bonchev–Trinajstić information content (AvgIpc) is 3.07. The van der Waals surface area contributed by atoms with Crippen molar-refractivity contribution in [3.05, 3.63) is 72.4 Å². The summed E-state index contributed by atoms with van der Waals surface area (Å²) in [5, 5.41) is 0.767. The Hall–Kier alpha value is -3.19. The fraction of sp³-hybridized carbons (Fsp3) is 0.0500. The van der Waals surface area contributed by atoms with E-state index in [0.29, 0.717) is 33.1 Å². The number of hydrogen-bond donors (Lipinski definition) is 0. The molecule has 27 heavy (non-hydrogen) atoms. The number of aldehydes is 1. The van der Waals surface area contributed by atoms with E-state index >= 15 is 0 Å². The molecule has 0 spiro atoms. The number of fused-ring (bicyclic) bond motifs is 1. The van der Waals surface area contributed by atoms with Crippen molar-refractivity contribution >= 4 is 28.0 Å². The lowest BCUT2D eigenvalue weighted by atomic mass is 10.1. The van der Waals surface area contributed by atoms with Crippen LogP contribution < -0.4 is 0 Å². The summed E-state index contributed by atoms with van der Waals surface area (Å²) < 4.78 is 27.7. The Kier molecular flexibility index (Phi) is 4.37. The van der Waals surface area contributed by atoms with Gasteiger partial charge in [-0.2, -0.15) is 0 Å². The van der Waals surface area contributed by atoms with Gasteiger partial charge in [0.25, 0.3) is 0 Å². The van der Waals surface area contributed by atoms with Crippen LogP contribution in [0.1, 0.15) is 10.4 Å². The van der Waals surface area contributed by atoms with Gasteiger partial charge < -0.3 is 0 Å². The summed E-state index contributed by atoms with van der Waals surface area (Å²) >= 11 is 0.